The Labute approximate surface area is 126 Å². The molecule has 4 heteroatoms. The molecule has 1 aromatic heterocycles. The monoisotopic (exact) mass is 287 g/mol. The average Bonchev–Trinajstić information content (AvgIpc) is 3.44. The quantitative estimate of drug-likeness (QED) is 0.835. The van der Waals surface area contributed by atoms with Crippen molar-refractivity contribution in [2.75, 3.05) is 13.1 Å². The molecule has 2 heterocycles. The first-order chi connectivity index (χ1) is 10.3. The van der Waals surface area contributed by atoms with E-state index in [1.807, 2.05) is 18.7 Å². The van der Waals surface area contributed by atoms with Crippen LogP contribution in [0.5, 0.6) is 0 Å². The summed E-state index contributed by atoms with van der Waals surface area (Å²) in [5, 5.41) is 0. The SMILES string of the molecule is O=C(CC(C1CC1)C1CC1)N1CCC[C@@H](n2ccnc2)C1. The van der Waals surface area contributed by atoms with E-state index < -0.39 is 0 Å². The summed E-state index contributed by atoms with van der Waals surface area (Å²) in [5.74, 6) is 2.85. The number of hydrogen-bond acceptors (Lipinski definition) is 2. The molecule has 1 saturated heterocycles. The molecule has 0 spiro atoms. The van der Waals surface area contributed by atoms with Crippen LogP contribution in [0.4, 0.5) is 0 Å². The van der Waals surface area contributed by atoms with Crippen molar-refractivity contribution < 1.29 is 4.79 Å². The van der Waals surface area contributed by atoms with Gasteiger partial charge in [0.2, 0.25) is 5.91 Å². The molecular formula is C17H25N3O. The van der Waals surface area contributed by atoms with E-state index in [9.17, 15) is 4.79 Å². The van der Waals surface area contributed by atoms with E-state index in [0.29, 0.717) is 17.9 Å². The van der Waals surface area contributed by atoms with E-state index in [4.69, 9.17) is 0 Å². The van der Waals surface area contributed by atoms with Crippen LogP contribution in [0.1, 0.15) is 51.0 Å². The Bertz CT molecular complexity index is 478. The van der Waals surface area contributed by atoms with E-state index in [-0.39, 0.29) is 0 Å². The van der Waals surface area contributed by atoms with Crippen LogP contribution in [-0.2, 0) is 4.79 Å². The van der Waals surface area contributed by atoms with Crippen LogP contribution < -0.4 is 0 Å². The molecule has 0 N–H and O–H groups in total. The van der Waals surface area contributed by atoms with E-state index in [1.165, 1.54) is 25.7 Å². The molecule has 4 nitrogen and oxygen atoms in total. The van der Waals surface area contributed by atoms with E-state index >= 15 is 0 Å². The molecule has 0 radical (unpaired) electrons. The van der Waals surface area contributed by atoms with Gasteiger partial charge in [0, 0.05) is 31.9 Å². The molecule has 1 atom stereocenters. The number of rotatable bonds is 5. The highest BCUT2D eigenvalue weighted by molar-refractivity contribution is 5.76. The maximum atomic E-state index is 12.7. The van der Waals surface area contributed by atoms with Crippen molar-refractivity contribution in [1.82, 2.24) is 14.5 Å². The zero-order chi connectivity index (χ0) is 14.2. The molecule has 2 saturated carbocycles. The molecule has 0 aromatic carbocycles. The summed E-state index contributed by atoms with van der Waals surface area (Å²) >= 11 is 0. The van der Waals surface area contributed by atoms with Crippen LogP contribution in [0.3, 0.4) is 0 Å². The molecule has 0 unspecified atom stereocenters. The van der Waals surface area contributed by atoms with Gasteiger partial charge in [-0.2, -0.15) is 0 Å². The topological polar surface area (TPSA) is 38.1 Å². The first-order valence-electron chi connectivity index (χ1n) is 8.56. The molecule has 2 aliphatic carbocycles. The van der Waals surface area contributed by atoms with Crippen molar-refractivity contribution in [3.05, 3.63) is 18.7 Å². The molecular weight excluding hydrogens is 262 g/mol. The maximum absolute atomic E-state index is 12.7. The molecule has 21 heavy (non-hydrogen) atoms. The Hall–Kier alpha value is -1.32. The summed E-state index contributed by atoms with van der Waals surface area (Å²) in [6, 6.07) is 0.422. The molecule has 0 bridgehead atoms. The van der Waals surface area contributed by atoms with Crippen molar-refractivity contribution in [2.24, 2.45) is 17.8 Å². The number of likely N-dealkylation sites (tertiary alicyclic amines) is 1. The predicted octanol–water partition coefficient (Wildman–Crippen LogP) is 2.87. The normalized spacial score (nSPS) is 26.3. The second kappa shape index (κ2) is 5.47. The number of amides is 1. The molecule has 3 fully saturated rings. The predicted molar refractivity (Wildman–Crippen MR) is 80.6 cm³/mol. The van der Waals surface area contributed by atoms with Crippen molar-refractivity contribution in [1.29, 1.82) is 0 Å². The van der Waals surface area contributed by atoms with Gasteiger partial charge >= 0.3 is 0 Å². The fourth-order valence-corrected chi connectivity index (χ4v) is 4.01. The van der Waals surface area contributed by atoms with Gasteiger partial charge in [0.05, 0.1) is 12.4 Å². The van der Waals surface area contributed by atoms with Gasteiger partial charge in [-0.3, -0.25) is 4.79 Å². The number of nitrogens with zero attached hydrogens (tertiary/aromatic N) is 3. The van der Waals surface area contributed by atoms with Crippen LogP contribution >= 0.6 is 0 Å². The van der Waals surface area contributed by atoms with Crippen LogP contribution in [0.25, 0.3) is 0 Å². The Morgan fingerprint density at radius 2 is 1.95 bits per heavy atom. The van der Waals surface area contributed by atoms with Gasteiger partial charge in [0.15, 0.2) is 0 Å². The van der Waals surface area contributed by atoms with Crippen LogP contribution in [0.2, 0.25) is 0 Å². The fourth-order valence-electron chi connectivity index (χ4n) is 4.01. The van der Waals surface area contributed by atoms with Crippen molar-refractivity contribution >= 4 is 5.91 Å². The highest BCUT2D eigenvalue weighted by atomic mass is 16.2. The first kappa shape index (κ1) is 13.4. The molecule has 4 rings (SSSR count). The summed E-state index contributed by atoms with van der Waals surface area (Å²) in [6.07, 6.45) is 14.3. The second-order valence-corrected chi connectivity index (χ2v) is 7.19. The number of imidazole rings is 1. The highest BCUT2D eigenvalue weighted by Gasteiger charge is 2.42. The average molecular weight is 287 g/mol. The van der Waals surface area contributed by atoms with Gasteiger partial charge in [-0.15, -0.1) is 0 Å². The molecule has 3 aliphatic rings. The number of aromatic nitrogens is 2. The zero-order valence-corrected chi connectivity index (χ0v) is 12.7. The molecule has 1 amide bonds. The summed E-state index contributed by atoms with van der Waals surface area (Å²) in [5.41, 5.74) is 0. The fraction of sp³-hybridized carbons (Fsp3) is 0.765. The third-order valence-electron chi connectivity index (χ3n) is 5.56. The van der Waals surface area contributed by atoms with Crippen molar-refractivity contribution in [3.63, 3.8) is 0 Å². The third kappa shape index (κ3) is 2.99. The molecule has 114 valence electrons. The maximum Gasteiger partial charge on any atom is 0.222 e. The number of hydrogen-bond donors (Lipinski definition) is 0. The van der Waals surface area contributed by atoms with Crippen molar-refractivity contribution in [3.8, 4) is 0 Å². The lowest BCUT2D eigenvalue weighted by Crippen LogP contribution is -2.41. The smallest absolute Gasteiger partial charge is 0.222 e. The Balaban J connectivity index is 1.37. The lowest BCUT2D eigenvalue weighted by molar-refractivity contribution is -0.134. The standard InChI is InChI=1S/C17H25N3O/c21-17(10-16(13-3-4-13)14-5-6-14)19-8-1-2-15(11-19)20-9-7-18-12-20/h7,9,12-16H,1-6,8,10-11H2/t15-/m1/s1. The number of carbonyl (C=O) groups is 1. The van der Waals surface area contributed by atoms with Gasteiger partial charge in [-0.1, -0.05) is 0 Å². The third-order valence-corrected chi connectivity index (χ3v) is 5.56. The first-order valence-corrected chi connectivity index (χ1v) is 8.56. The summed E-state index contributed by atoms with van der Waals surface area (Å²) in [6.45, 7) is 1.82. The largest absolute Gasteiger partial charge is 0.341 e. The minimum Gasteiger partial charge on any atom is -0.341 e. The van der Waals surface area contributed by atoms with Crippen LogP contribution in [0, 0.1) is 17.8 Å². The number of carbonyl (C=O) groups excluding carboxylic acids is 1. The highest BCUT2D eigenvalue weighted by Crippen LogP contribution is 2.50. The van der Waals surface area contributed by atoms with E-state index in [0.717, 1.165) is 44.2 Å². The molecule has 1 aromatic rings. The Kier molecular flexibility index (Phi) is 3.48. The summed E-state index contributed by atoms with van der Waals surface area (Å²) in [7, 11) is 0. The minimum absolute atomic E-state index is 0.406. The lowest BCUT2D eigenvalue weighted by atomic mass is 9.93. The minimum atomic E-state index is 0.406. The van der Waals surface area contributed by atoms with Crippen LogP contribution in [-0.4, -0.2) is 33.4 Å². The van der Waals surface area contributed by atoms with Crippen molar-refractivity contribution in [2.45, 2.75) is 51.0 Å². The molecule has 1 aliphatic heterocycles. The second-order valence-electron chi connectivity index (χ2n) is 7.19. The van der Waals surface area contributed by atoms with E-state index in [1.54, 1.807) is 0 Å². The zero-order valence-electron chi connectivity index (χ0n) is 12.7. The summed E-state index contributed by atoms with van der Waals surface area (Å²) in [4.78, 5) is 18.9. The lowest BCUT2D eigenvalue weighted by Gasteiger charge is -2.34. The summed E-state index contributed by atoms with van der Waals surface area (Å²) < 4.78 is 2.17. The van der Waals surface area contributed by atoms with Gasteiger partial charge in [0.1, 0.15) is 0 Å². The van der Waals surface area contributed by atoms with Crippen LogP contribution in [0.15, 0.2) is 18.7 Å². The number of piperidine rings is 1. The van der Waals surface area contributed by atoms with Gasteiger partial charge < -0.3 is 9.47 Å². The van der Waals surface area contributed by atoms with Gasteiger partial charge in [0.25, 0.3) is 0 Å². The van der Waals surface area contributed by atoms with E-state index in [2.05, 4.69) is 14.5 Å². The Morgan fingerprint density at radius 1 is 1.19 bits per heavy atom. The van der Waals surface area contributed by atoms with Gasteiger partial charge in [-0.05, 0) is 56.3 Å². The Morgan fingerprint density at radius 3 is 2.57 bits per heavy atom. The van der Waals surface area contributed by atoms with Gasteiger partial charge in [-0.25, -0.2) is 4.98 Å².